The van der Waals surface area contributed by atoms with E-state index in [1.54, 1.807) is 6.07 Å². The second-order valence-corrected chi connectivity index (χ2v) is 7.04. The molecule has 0 saturated heterocycles. The number of aromatic nitrogens is 1. The summed E-state index contributed by atoms with van der Waals surface area (Å²) >= 11 is 11.9. The van der Waals surface area contributed by atoms with Crippen LogP contribution in [0.4, 0.5) is 0 Å². The highest BCUT2D eigenvalue weighted by Gasteiger charge is 2.34. The van der Waals surface area contributed by atoms with Gasteiger partial charge in [0.05, 0.1) is 15.6 Å². The molecule has 1 aliphatic carbocycles. The molecule has 0 atom stereocenters. The Morgan fingerprint density at radius 3 is 2.11 bits per heavy atom. The van der Waals surface area contributed by atoms with Crippen LogP contribution in [-0.4, -0.2) is 16.6 Å². The van der Waals surface area contributed by atoms with Gasteiger partial charge in [-0.2, -0.15) is 4.98 Å². The number of benzene rings is 2. The number of fused-ring (bicyclic) bond motifs is 2. The summed E-state index contributed by atoms with van der Waals surface area (Å²) in [6.07, 6.45) is 1.31. The third-order valence-corrected chi connectivity index (χ3v) is 5.19. The lowest BCUT2D eigenvalue weighted by molar-refractivity contribution is 0.0990. The number of allylic oxidation sites excluding steroid dienone is 1. The zero-order valence-electron chi connectivity index (χ0n) is 14.0. The maximum atomic E-state index is 12.6. The van der Waals surface area contributed by atoms with Crippen LogP contribution < -0.4 is 0 Å². The maximum absolute atomic E-state index is 12.6. The fourth-order valence-electron chi connectivity index (χ4n) is 3.13. The molecule has 136 valence electrons. The van der Waals surface area contributed by atoms with Gasteiger partial charge in [0.2, 0.25) is 5.89 Å². The van der Waals surface area contributed by atoms with E-state index in [9.17, 15) is 9.59 Å². The van der Waals surface area contributed by atoms with E-state index in [0.29, 0.717) is 11.3 Å². The second kappa shape index (κ2) is 6.19. The van der Waals surface area contributed by atoms with E-state index in [1.807, 2.05) is 30.3 Å². The van der Waals surface area contributed by atoms with Gasteiger partial charge in [-0.3, -0.25) is 9.59 Å². The third-order valence-electron chi connectivity index (χ3n) is 4.47. The molecule has 0 spiro atoms. The minimum absolute atomic E-state index is 0.0551. The minimum Gasteiger partial charge on any atom is -0.435 e. The van der Waals surface area contributed by atoms with Crippen molar-refractivity contribution in [1.29, 1.82) is 0 Å². The minimum atomic E-state index is -0.446. The number of oxazole rings is 1. The summed E-state index contributed by atoms with van der Waals surface area (Å²) in [7, 11) is 0. The Labute approximate surface area is 168 Å². The average Bonchev–Trinajstić information content (AvgIpc) is 3.31. The molecule has 0 amide bonds. The summed E-state index contributed by atoms with van der Waals surface area (Å²) in [5.74, 6) is -0.169. The number of ketones is 2. The zero-order chi connectivity index (χ0) is 19.4. The van der Waals surface area contributed by atoms with Gasteiger partial charge in [-0.05, 0) is 12.1 Å². The number of halogens is 2. The molecule has 0 aliphatic heterocycles. The number of rotatable bonds is 2. The molecule has 0 unspecified atom stereocenters. The molecule has 2 aromatic carbocycles. The van der Waals surface area contributed by atoms with E-state index in [2.05, 4.69) is 4.98 Å². The highest BCUT2D eigenvalue weighted by molar-refractivity contribution is 6.46. The van der Waals surface area contributed by atoms with Crippen molar-refractivity contribution in [2.45, 2.75) is 0 Å². The van der Waals surface area contributed by atoms with E-state index in [0.717, 1.165) is 5.56 Å². The molecule has 0 fully saturated rings. The Balaban J connectivity index is 1.53. The van der Waals surface area contributed by atoms with Gasteiger partial charge in [0, 0.05) is 28.8 Å². The number of hydrogen-bond acceptors (Lipinski definition) is 5. The van der Waals surface area contributed by atoms with Crippen molar-refractivity contribution in [2.75, 3.05) is 0 Å². The molecule has 0 bridgehead atoms. The lowest BCUT2D eigenvalue weighted by atomic mass is 10.1. The number of Topliss-reactive ketones (excluding diaryl/α,β-unsaturated/α-hetero) is 2. The van der Waals surface area contributed by atoms with Crippen LogP contribution in [0.15, 0.2) is 62.9 Å². The Morgan fingerprint density at radius 1 is 0.857 bits per heavy atom. The maximum Gasteiger partial charge on any atom is 0.266 e. The van der Waals surface area contributed by atoms with Crippen LogP contribution in [0.25, 0.3) is 28.7 Å². The van der Waals surface area contributed by atoms with E-state index in [1.165, 1.54) is 18.2 Å². The smallest absolute Gasteiger partial charge is 0.266 e. The Morgan fingerprint density at radius 2 is 1.50 bits per heavy atom. The van der Waals surface area contributed by atoms with Crippen LogP contribution in [0.3, 0.4) is 0 Å². The summed E-state index contributed by atoms with van der Waals surface area (Å²) < 4.78 is 11.3. The van der Waals surface area contributed by atoms with Gasteiger partial charge in [0.1, 0.15) is 5.76 Å². The van der Waals surface area contributed by atoms with Crippen LogP contribution in [0, 0.1) is 0 Å². The molecule has 0 radical (unpaired) electrons. The van der Waals surface area contributed by atoms with Crippen molar-refractivity contribution in [2.24, 2.45) is 0 Å². The van der Waals surface area contributed by atoms with Crippen molar-refractivity contribution in [3.63, 3.8) is 0 Å². The van der Waals surface area contributed by atoms with Gasteiger partial charge < -0.3 is 8.83 Å². The van der Waals surface area contributed by atoms with Crippen LogP contribution in [0.1, 0.15) is 26.6 Å². The van der Waals surface area contributed by atoms with Crippen LogP contribution >= 0.6 is 23.2 Å². The quantitative estimate of drug-likeness (QED) is 0.306. The summed E-state index contributed by atoms with van der Waals surface area (Å²) in [4.78, 5) is 29.4. The summed E-state index contributed by atoms with van der Waals surface area (Å²) in [6, 6.07) is 14.0. The SMILES string of the molecule is O=C1C(=Cc2nc3oc(-c4ccccc4)cc3o2)C(=O)c2cc(Cl)c(Cl)cc21. The highest BCUT2D eigenvalue weighted by atomic mass is 35.5. The zero-order valence-corrected chi connectivity index (χ0v) is 15.5. The molecular weight excluding hydrogens is 401 g/mol. The normalized spacial score (nSPS) is 13.4. The van der Waals surface area contributed by atoms with Crippen molar-refractivity contribution < 1.29 is 18.4 Å². The highest BCUT2D eigenvalue weighted by Crippen LogP contribution is 2.35. The van der Waals surface area contributed by atoms with Crippen molar-refractivity contribution in [3.8, 4) is 11.3 Å². The van der Waals surface area contributed by atoms with Crippen LogP contribution in [0.5, 0.6) is 0 Å². The molecule has 28 heavy (non-hydrogen) atoms. The number of nitrogens with zero attached hydrogens (tertiary/aromatic N) is 1. The van der Waals surface area contributed by atoms with E-state index in [4.69, 9.17) is 32.0 Å². The number of hydrogen-bond donors (Lipinski definition) is 0. The topological polar surface area (TPSA) is 73.3 Å². The second-order valence-electron chi connectivity index (χ2n) is 6.23. The fraction of sp³-hybridized carbons (Fsp3) is 0. The van der Waals surface area contributed by atoms with Crippen molar-refractivity contribution >= 4 is 52.1 Å². The summed E-state index contributed by atoms with van der Waals surface area (Å²) in [5.41, 5.74) is 1.97. The van der Waals surface area contributed by atoms with Crippen molar-refractivity contribution in [3.05, 3.63) is 81.2 Å². The molecular formula is C21H9Cl2NO4. The average molecular weight is 410 g/mol. The van der Waals surface area contributed by atoms with E-state index >= 15 is 0 Å². The van der Waals surface area contributed by atoms with Crippen molar-refractivity contribution in [1.82, 2.24) is 4.98 Å². The first-order valence-electron chi connectivity index (χ1n) is 8.27. The molecule has 5 nitrogen and oxygen atoms in total. The van der Waals surface area contributed by atoms with Gasteiger partial charge in [-0.25, -0.2) is 0 Å². The Kier molecular flexibility index (Phi) is 3.75. The van der Waals surface area contributed by atoms with Gasteiger partial charge in [0.15, 0.2) is 17.1 Å². The predicted molar refractivity (Wildman–Crippen MR) is 105 cm³/mol. The van der Waals surface area contributed by atoms with Gasteiger partial charge >= 0.3 is 0 Å². The van der Waals surface area contributed by atoms with Gasteiger partial charge in [-0.15, -0.1) is 0 Å². The molecule has 2 aromatic heterocycles. The Hall–Kier alpha value is -3.15. The molecule has 0 N–H and O–H groups in total. The number of furan rings is 1. The number of carbonyl (C=O) groups excluding carboxylic acids is 2. The first kappa shape index (κ1) is 17.0. The molecule has 7 heteroatoms. The largest absolute Gasteiger partial charge is 0.435 e. The first-order chi connectivity index (χ1) is 13.5. The lowest BCUT2D eigenvalue weighted by Gasteiger charge is -1.98. The molecule has 2 heterocycles. The lowest BCUT2D eigenvalue weighted by Crippen LogP contribution is -2.00. The first-order valence-corrected chi connectivity index (χ1v) is 9.03. The standard InChI is InChI=1S/C21H9Cl2NO4/c22-14-6-11-12(7-15(14)23)20(26)13(19(11)25)8-18-24-21-17(27-18)9-16(28-21)10-4-2-1-3-5-10/h1-9H. The number of carbonyl (C=O) groups is 2. The summed E-state index contributed by atoms with van der Waals surface area (Å²) in [5, 5.41) is 0.426. The monoisotopic (exact) mass is 409 g/mol. The van der Waals surface area contributed by atoms with Crippen LogP contribution in [0.2, 0.25) is 10.0 Å². The molecule has 1 aliphatic rings. The fourth-order valence-corrected chi connectivity index (χ4v) is 3.46. The van der Waals surface area contributed by atoms with Gasteiger partial charge in [-0.1, -0.05) is 53.5 Å². The van der Waals surface area contributed by atoms with E-state index < -0.39 is 11.6 Å². The molecule has 0 saturated carbocycles. The third kappa shape index (κ3) is 2.59. The molecule has 4 aromatic rings. The molecule has 5 rings (SSSR count). The van der Waals surface area contributed by atoms with Gasteiger partial charge in [0.25, 0.3) is 5.71 Å². The predicted octanol–water partition coefficient (Wildman–Crippen LogP) is 5.86. The Bertz CT molecular complexity index is 1240. The van der Waals surface area contributed by atoms with Crippen LogP contribution in [-0.2, 0) is 0 Å². The summed E-state index contributed by atoms with van der Waals surface area (Å²) in [6.45, 7) is 0. The van der Waals surface area contributed by atoms with E-state index in [-0.39, 0.29) is 38.3 Å².